The zero-order valence-corrected chi connectivity index (χ0v) is 9.73. The van der Waals surface area contributed by atoms with Crippen LogP contribution in [0.1, 0.15) is 30.0 Å². The van der Waals surface area contributed by atoms with E-state index in [9.17, 15) is 4.79 Å². The third-order valence-electron chi connectivity index (χ3n) is 2.33. The van der Waals surface area contributed by atoms with Crippen molar-refractivity contribution in [3.8, 4) is 0 Å². The highest BCUT2D eigenvalue weighted by Crippen LogP contribution is 2.14. The lowest BCUT2D eigenvalue weighted by molar-refractivity contribution is 0.0618. The molecular formula is C12H14N2O3. The predicted molar refractivity (Wildman–Crippen MR) is 63.0 cm³/mol. The average molecular weight is 234 g/mol. The van der Waals surface area contributed by atoms with Crippen molar-refractivity contribution in [1.29, 1.82) is 0 Å². The first-order valence-corrected chi connectivity index (χ1v) is 5.40. The van der Waals surface area contributed by atoms with Gasteiger partial charge < -0.3 is 14.8 Å². The Morgan fingerprint density at radius 3 is 2.94 bits per heavy atom. The minimum atomic E-state index is -0.943. The number of imidazole rings is 1. The van der Waals surface area contributed by atoms with Gasteiger partial charge in [-0.15, -0.1) is 0 Å². The van der Waals surface area contributed by atoms with Gasteiger partial charge >= 0.3 is 5.97 Å². The number of H-pyrrole nitrogens is 1. The Kier molecular flexibility index (Phi) is 3.10. The molecule has 5 nitrogen and oxygen atoms in total. The molecule has 2 rings (SSSR count). The van der Waals surface area contributed by atoms with Crippen molar-refractivity contribution in [2.24, 2.45) is 0 Å². The first-order chi connectivity index (χ1) is 8.06. The molecule has 0 atom stereocenters. The third kappa shape index (κ3) is 2.62. The molecule has 5 heteroatoms. The van der Waals surface area contributed by atoms with E-state index in [1.165, 1.54) is 0 Å². The summed E-state index contributed by atoms with van der Waals surface area (Å²) in [6, 6.07) is 4.80. The van der Waals surface area contributed by atoms with E-state index in [4.69, 9.17) is 9.84 Å². The largest absolute Gasteiger partial charge is 0.478 e. The minimum Gasteiger partial charge on any atom is -0.478 e. The summed E-state index contributed by atoms with van der Waals surface area (Å²) in [5.74, 6) is -0.238. The number of benzene rings is 1. The van der Waals surface area contributed by atoms with Crippen molar-refractivity contribution in [2.75, 3.05) is 0 Å². The molecule has 2 aromatic rings. The van der Waals surface area contributed by atoms with Gasteiger partial charge in [-0.2, -0.15) is 0 Å². The minimum absolute atomic E-state index is 0.137. The second-order valence-electron chi connectivity index (χ2n) is 4.08. The van der Waals surface area contributed by atoms with Crippen molar-refractivity contribution >= 4 is 17.0 Å². The standard InChI is InChI=1S/C12H14N2O3/c1-7(2)17-6-11-13-9-4-3-8(12(15)16)5-10(9)14-11/h3-5,7H,6H2,1-2H3,(H,13,14)(H,15,16). The number of fused-ring (bicyclic) bond motifs is 1. The number of aromatic carboxylic acids is 1. The normalized spacial score (nSPS) is 11.2. The van der Waals surface area contributed by atoms with Crippen LogP contribution in [-0.2, 0) is 11.3 Å². The lowest BCUT2D eigenvalue weighted by Crippen LogP contribution is -2.03. The van der Waals surface area contributed by atoms with Crippen molar-refractivity contribution in [2.45, 2.75) is 26.6 Å². The first kappa shape index (κ1) is 11.6. The fourth-order valence-corrected chi connectivity index (χ4v) is 1.51. The predicted octanol–water partition coefficient (Wildman–Crippen LogP) is 2.19. The molecule has 0 unspecified atom stereocenters. The highest BCUT2D eigenvalue weighted by molar-refractivity contribution is 5.92. The molecule has 0 amide bonds. The van der Waals surface area contributed by atoms with Gasteiger partial charge in [-0.3, -0.25) is 0 Å². The van der Waals surface area contributed by atoms with Crippen LogP contribution >= 0.6 is 0 Å². The Morgan fingerprint density at radius 1 is 1.53 bits per heavy atom. The van der Waals surface area contributed by atoms with Crippen LogP contribution in [0.15, 0.2) is 18.2 Å². The van der Waals surface area contributed by atoms with E-state index >= 15 is 0 Å². The lowest BCUT2D eigenvalue weighted by atomic mass is 10.2. The quantitative estimate of drug-likeness (QED) is 0.850. The molecule has 0 radical (unpaired) electrons. The summed E-state index contributed by atoms with van der Waals surface area (Å²) in [7, 11) is 0. The van der Waals surface area contributed by atoms with E-state index in [0.717, 1.165) is 5.52 Å². The molecule has 0 aliphatic carbocycles. The molecule has 0 spiro atoms. The summed E-state index contributed by atoms with van der Waals surface area (Å²) in [4.78, 5) is 18.2. The van der Waals surface area contributed by atoms with Crippen LogP contribution in [0.3, 0.4) is 0 Å². The number of carbonyl (C=O) groups is 1. The second-order valence-corrected chi connectivity index (χ2v) is 4.08. The van der Waals surface area contributed by atoms with E-state index in [-0.39, 0.29) is 11.7 Å². The summed E-state index contributed by atoms with van der Waals surface area (Å²) in [6.45, 7) is 4.30. The molecule has 0 saturated carbocycles. The van der Waals surface area contributed by atoms with E-state index in [0.29, 0.717) is 17.9 Å². The van der Waals surface area contributed by atoms with Crippen LogP contribution in [0.4, 0.5) is 0 Å². The molecule has 2 N–H and O–H groups in total. The van der Waals surface area contributed by atoms with E-state index < -0.39 is 5.97 Å². The Morgan fingerprint density at radius 2 is 2.29 bits per heavy atom. The average Bonchev–Trinajstić information content (AvgIpc) is 2.67. The number of hydrogen-bond donors (Lipinski definition) is 2. The summed E-state index contributed by atoms with van der Waals surface area (Å²) in [5, 5.41) is 8.87. The number of aromatic amines is 1. The number of carboxylic acids is 1. The van der Waals surface area contributed by atoms with Crippen molar-refractivity contribution in [1.82, 2.24) is 9.97 Å². The molecule has 1 aromatic carbocycles. The van der Waals surface area contributed by atoms with Crippen molar-refractivity contribution < 1.29 is 14.6 Å². The Balaban J connectivity index is 2.27. The number of aromatic nitrogens is 2. The Bertz CT molecular complexity index is 546. The zero-order valence-electron chi connectivity index (χ0n) is 9.73. The van der Waals surface area contributed by atoms with Crippen molar-refractivity contribution in [3.05, 3.63) is 29.6 Å². The van der Waals surface area contributed by atoms with Crippen molar-refractivity contribution in [3.63, 3.8) is 0 Å². The fourth-order valence-electron chi connectivity index (χ4n) is 1.51. The topological polar surface area (TPSA) is 75.2 Å². The van der Waals surface area contributed by atoms with E-state index in [2.05, 4.69) is 9.97 Å². The van der Waals surface area contributed by atoms with Crippen LogP contribution in [0.2, 0.25) is 0 Å². The maximum atomic E-state index is 10.8. The number of ether oxygens (including phenoxy) is 1. The van der Waals surface area contributed by atoms with Gasteiger partial charge in [0.2, 0.25) is 0 Å². The van der Waals surface area contributed by atoms with Crippen LogP contribution in [0, 0.1) is 0 Å². The molecule has 0 saturated heterocycles. The smallest absolute Gasteiger partial charge is 0.335 e. The Labute approximate surface area is 98.4 Å². The number of hydrogen-bond acceptors (Lipinski definition) is 3. The van der Waals surface area contributed by atoms with Crippen LogP contribution in [0.5, 0.6) is 0 Å². The second kappa shape index (κ2) is 4.55. The fraction of sp³-hybridized carbons (Fsp3) is 0.333. The summed E-state index contributed by atoms with van der Waals surface area (Å²) < 4.78 is 5.43. The van der Waals surface area contributed by atoms with Gasteiger partial charge in [0.1, 0.15) is 12.4 Å². The van der Waals surface area contributed by atoms with Crippen LogP contribution in [0.25, 0.3) is 11.0 Å². The molecule has 0 fully saturated rings. The molecular weight excluding hydrogens is 220 g/mol. The number of nitrogens with one attached hydrogen (secondary N) is 1. The summed E-state index contributed by atoms with van der Waals surface area (Å²) in [6.07, 6.45) is 0.137. The highest BCUT2D eigenvalue weighted by atomic mass is 16.5. The molecule has 1 aromatic heterocycles. The van der Waals surface area contributed by atoms with Gasteiger partial charge in [-0.1, -0.05) is 0 Å². The monoisotopic (exact) mass is 234 g/mol. The molecule has 17 heavy (non-hydrogen) atoms. The van der Waals surface area contributed by atoms with Gasteiger partial charge in [-0.25, -0.2) is 9.78 Å². The SMILES string of the molecule is CC(C)OCc1nc2ccc(C(=O)O)cc2[nH]1. The summed E-state index contributed by atoms with van der Waals surface area (Å²) in [5.41, 5.74) is 1.71. The highest BCUT2D eigenvalue weighted by Gasteiger charge is 2.07. The first-order valence-electron chi connectivity index (χ1n) is 5.40. The third-order valence-corrected chi connectivity index (χ3v) is 2.33. The molecule has 0 aliphatic rings. The maximum Gasteiger partial charge on any atom is 0.335 e. The molecule has 0 aliphatic heterocycles. The number of carboxylic acid groups (broad SMARTS) is 1. The van der Waals surface area contributed by atoms with Gasteiger partial charge in [0, 0.05) is 0 Å². The van der Waals surface area contributed by atoms with Crippen LogP contribution in [-0.4, -0.2) is 27.1 Å². The number of nitrogens with zero attached hydrogens (tertiary/aromatic N) is 1. The van der Waals surface area contributed by atoms with Gasteiger partial charge in [-0.05, 0) is 32.0 Å². The van der Waals surface area contributed by atoms with Gasteiger partial charge in [0.15, 0.2) is 0 Å². The van der Waals surface area contributed by atoms with Gasteiger partial charge in [0.25, 0.3) is 0 Å². The number of rotatable bonds is 4. The molecule has 90 valence electrons. The summed E-state index contributed by atoms with van der Waals surface area (Å²) >= 11 is 0. The van der Waals surface area contributed by atoms with Gasteiger partial charge in [0.05, 0.1) is 22.7 Å². The maximum absolute atomic E-state index is 10.8. The van der Waals surface area contributed by atoms with Crippen LogP contribution < -0.4 is 0 Å². The van der Waals surface area contributed by atoms with E-state index in [1.807, 2.05) is 13.8 Å². The molecule has 0 bridgehead atoms. The lowest BCUT2D eigenvalue weighted by Gasteiger charge is -2.03. The van der Waals surface area contributed by atoms with E-state index in [1.54, 1.807) is 18.2 Å². The zero-order chi connectivity index (χ0) is 12.4. The Hall–Kier alpha value is -1.88. The molecule has 1 heterocycles.